The maximum absolute atomic E-state index is 12.8. The molecule has 172 valence electrons. The summed E-state index contributed by atoms with van der Waals surface area (Å²) < 4.78 is 11.8. The fourth-order valence-electron chi connectivity index (χ4n) is 3.14. The number of nitrogens with zero attached hydrogens (tertiary/aromatic N) is 1. The molecule has 0 radical (unpaired) electrons. The van der Waals surface area contributed by atoms with E-state index in [1.54, 1.807) is 51.1 Å². The van der Waals surface area contributed by atoms with Crippen LogP contribution in [-0.2, 0) is 9.53 Å². The highest BCUT2D eigenvalue weighted by Gasteiger charge is 2.27. The molecule has 1 aromatic heterocycles. The zero-order valence-corrected chi connectivity index (χ0v) is 20.5. The number of benzene rings is 2. The maximum atomic E-state index is 12.8. The molecule has 3 aromatic rings. The smallest absolute Gasteiger partial charge is 0.341 e. The van der Waals surface area contributed by atoms with E-state index in [4.69, 9.17) is 9.47 Å². The number of thiophene rings is 1. The SMILES string of the molecule is CCOC(=O)c1c(NC(=O)C(C)Oc2cccc(Br)c2)sc(C)c1-c1ccc([N+](=O)[O-])cc1. The third-order valence-electron chi connectivity index (χ3n) is 4.65. The number of aryl methyl sites for hydroxylation is 1. The van der Waals surface area contributed by atoms with Crippen LogP contribution in [0.1, 0.15) is 29.1 Å². The first-order valence-corrected chi connectivity index (χ1v) is 11.6. The quantitative estimate of drug-likeness (QED) is 0.217. The van der Waals surface area contributed by atoms with Crippen molar-refractivity contribution in [2.45, 2.75) is 26.9 Å². The van der Waals surface area contributed by atoms with E-state index in [0.717, 1.165) is 9.35 Å². The average Bonchev–Trinajstić information content (AvgIpc) is 3.09. The number of esters is 1. The zero-order valence-electron chi connectivity index (χ0n) is 18.1. The molecule has 3 rings (SSSR count). The Kier molecular flexibility index (Phi) is 7.83. The molecule has 0 aliphatic carbocycles. The van der Waals surface area contributed by atoms with E-state index in [9.17, 15) is 19.7 Å². The number of amides is 1. The summed E-state index contributed by atoms with van der Waals surface area (Å²) in [5.74, 6) is -0.505. The van der Waals surface area contributed by atoms with Crippen molar-refractivity contribution in [1.29, 1.82) is 0 Å². The lowest BCUT2D eigenvalue weighted by Gasteiger charge is -2.15. The van der Waals surface area contributed by atoms with E-state index in [1.807, 2.05) is 6.07 Å². The Labute approximate surface area is 202 Å². The van der Waals surface area contributed by atoms with Crippen LogP contribution in [0.4, 0.5) is 10.7 Å². The van der Waals surface area contributed by atoms with Gasteiger partial charge in [-0.2, -0.15) is 0 Å². The van der Waals surface area contributed by atoms with Gasteiger partial charge in [0.05, 0.1) is 11.5 Å². The molecule has 1 atom stereocenters. The van der Waals surface area contributed by atoms with Gasteiger partial charge >= 0.3 is 5.97 Å². The zero-order chi connectivity index (χ0) is 24.1. The minimum atomic E-state index is -0.834. The van der Waals surface area contributed by atoms with Crippen molar-refractivity contribution in [3.05, 3.63) is 73.6 Å². The van der Waals surface area contributed by atoms with Gasteiger partial charge in [0.25, 0.3) is 11.6 Å². The van der Waals surface area contributed by atoms with Gasteiger partial charge < -0.3 is 14.8 Å². The lowest BCUT2D eigenvalue weighted by Crippen LogP contribution is -2.30. The molecular formula is C23H21BrN2O6S. The molecule has 1 N–H and O–H groups in total. The van der Waals surface area contributed by atoms with E-state index < -0.39 is 22.9 Å². The van der Waals surface area contributed by atoms with Crippen LogP contribution >= 0.6 is 27.3 Å². The van der Waals surface area contributed by atoms with E-state index in [1.165, 1.54) is 23.5 Å². The molecule has 1 amide bonds. The summed E-state index contributed by atoms with van der Waals surface area (Å²) in [4.78, 5) is 36.9. The number of nitro groups is 1. The van der Waals surface area contributed by atoms with Crippen molar-refractivity contribution in [3.8, 4) is 16.9 Å². The second-order valence-electron chi connectivity index (χ2n) is 6.97. The van der Waals surface area contributed by atoms with Crippen molar-refractivity contribution in [3.63, 3.8) is 0 Å². The first kappa shape index (κ1) is 24.4. The van der Waals surface area contributed by atoms with Gasteiger partial charge in [0.15, 0.2) is 6.10 Å². The first-order valence-electron chi connectivity index (χ1n) is 9.99. The number of ether oxygens (including phenoxy) is 2. The van der Waals surface area contributed by atoms with E-state index >= 15 is 0 Å². The van der Waals surface area contributed by atoms with Crippen molar-refractivity contribution in [2.24, 2.45) is 0 Å². The summed E-state index contributed by atoms with van der Waals surface area (Å²) in [6.07, 6.45) is -0.834. The number of rotatable bonds is 8. The number of hydrogen-bond donors (Lipinski definition) is 1. The molecule has 0 aliphatic heterocycles. The lowest BCUT2D eigenvalue weighted by atomic mass is 10.0. The van der Waals surface area contributed by atoms with Crippen LogP contribution < -0.4 is 10.1 Å². The van der Waals surface area contributed by atoms with Gasteiger partial charge in [-0.1, -0.05) is 22.0 Å². The van der Waals surface area contributed by atoms with Crippen LogP contribution in [0.2, 0.25) is 0 Å². The second-order valence-corrected chi connectivity index (χ2v) is 9.11. The Morgan fingerprint density at radius 2 is 1.91 bits per heavy atom. The topological polar surface area (TPSA) is 108 Å². The molecule has 0 spiro atoms. The summed E-state index contributed by atoms with van der Waals surface area (Å²) in [7, 11) is 0. The van der Waals surface area contributed by atoms with Gasteiger partial charge in [-0.25, -0.2) is 4.79 Å². The molecule has 0 aliphatic rings. The number of carbonyl (C=O) groups is 2. The number of carbonyl (C=O) groups excluding carboxylic acids is 2. The summed E-state index contributed by atoms with van der Waals surface area (Å²) in [6.45, 7) is 5.26. The monoisotopic (exact) mass is 532 g/mol. The molecule has 33 heavy (non-hydrogen) atoms. The standard InChI is InChI=1S/C23H21BrN2O6S/c1-4-31-23(28)20-19(15-8-10-17(11-9-15)26(29)30)14(3)33-22(20)25-21(27)13(2)32-18-7-5-6-16(24)12-18/h5-13H,4H2,1-3H3,(H,25,27). The number of non-ortho nitro benzene ring substituents is 1. The number of halogens is 1. The molecule has 0 saturated heterocycles. The fraction of sp³-hybridized carbons (Fsp3) is 0.217. The second kappa shape index (κ2) is 10.6. The third-order valence-corrected chi connectivity index (χ3v) is 6.16. The van der Waals surface area contributed by atoms with Crippen molar-refractivity contribution < 1.29 is 24.0 Å². The van der Waals surface area contributed by atoms with Gasteiger partial charge in [0.2, 0.25) is 0 Å². The van der Waals surface area contributed by atoms with Gasteiger partial charge in [-0.15, -0.1) is 11.3 Å². The van der Waals surface area contributed by atoms with Crippen LogP contribution in [0.3, 0.4) is 0 Å². The first-order chi connectivity index (χ1) is 15.7. The summed E-state index contributed by atoms with van der Waals surface area (Å²) in [5, 5.41) is 14.1. The molecular weight excluding hydrogens is 512 g/mol. The van der Waals surface area contributed by atoms with Crippen LogP contribution in [0.15, 0.2) is 53.0 Å². The third kappa shape index (κ3) is 5.77. The highest BCUT2D eigenvalue weighted by molar-refractivity contribution is 9.10. The Morgan fingerprint density at radius 3 is 2.52 bits per heavy atom. The number of anilines is 1. The van der Waals surface area contributed by atoms with Crippen LogP contribution in [-0.4, -0.2) is 29.5 Å². The predicted octanol–water partition coefficient (Wildman–Crippen LogP) is 5.98. The van der Waals surface area contributed by atoms with Gasteiger partial charge in [0.1, 0.15) is 16.3 Å². The number of nitrogens with one attached hydrogen (secondary N) is 1. The van der Waals surface area contributed by atoms with Gasteiger partial charge in [-0.05, 0) is 56.7 Å². The Balaban J connectivity index is 1.92. The molecule has 10 heteroatoms. The maximum Gasteiger partial charge on any atom is 0.341 e. The summed E-state index contributed by atoms with van der Waals surface area (Å²) >= 11 is 4.59. The van der Waals surface area contributed by atoms with Crippen LogP contribution in [0, 0.1) is 17.0 Å². The minimum Gasteiger partial charge on any atom is -0.481 e. The van der Waals surface area contributed by atoms with E-state index in [0.29, 0.717) is 21.9 Å². The van der Waals surface area contributed by atoms with Gasteiger partial charge in [0, 0.05) is 27.0 Å². The van der Waals surface area contributed by atoms with Crippen molar-refractivity contribution in [2.75, 3.05) is 11.9 Å². The highest BCUT2D eigenvalue weighted by atomic mass is 79.9. The lowest BCUT2D eigenvalue weighted by molar-refractivity contribution is -0.384. The van der Waals surface area contributed by atoms with E-state index in [2.05, 4.69) is 21.2 Å². The molecule has 1 unspecified atom stereocenters. The van der Waals surface area contributed by atoms with Crippen LogP contribution in [0.5, 0.6) is 5.75 Å². The van der Waals surface area contributed by atoms with E-state index in [-0.39, 0.29) is 17.9 Å². The summed E-state index contributed by atoms with van der Waals surface area (Å²) in [6, 6.07) is 13.0. The molecule has 0 saturated carbocycles. The molecule has 1 heterocycles. The normalized spacial score (nSPS) is 11.5. The fourth-order valence-corrected chi connectivity index (χ4v) is 4.59. The Bertz CT molecular complexity index is 1190. The Hall–Kier alpha value is -3.24. The molecule has 0 bridgehead atoms. The Morgan fingerprint density at radius 1 is 1.21 bits per heavy atom. The number of hydrogen-bond acceptors (Lipinski definition) is 7. The largest absolute Gasteiger partial charge is 0.481 e. The highest BCUT2D eigenvalue weighted by Crippen LogP contribution is 2.41. The minimum absolute atomic E-state index is 0.0589. The van der Waals surface area contributed by atoms with Crippen molar-refractivity contribution in [1.82, 2.24) is 0 Å². The molecule has 8 nitrogen and oxygen atoms in total. The molecule has 2 aromatic carbocycles. The van der Waals surface area contributed by atoms with Crippen LogP contribution in [0.25, 0.3) is 11.1 Å². The number of nitro benzene ring substituents is 1. The van der Waals surface area contributed by atoms with Gasteiger partial charge in [-0.3, -0.25) is 14.9 Å². The summed E-state index contributed by atoms with van der Waals surface area (Å²) in [5.41, 5.74) is 1.31. The van der Waals surface area contributed by atoms with Crippen molar-refractivity contribution >= 4 is 49.8 Å². The average molecular weight is 533 g/mol. The predicted molar refractivity (Wildman–Crippen MR) is 130 cm³/mol. The molecule has 0 fully saturated rings.